The van der Waals surface area contributed by atoms with Gasteiger partial charge in [0.15, 0.2) is 0 Å². The monoisotopic (exact) mass is 376 g/mol. The lowest BCUT2D eigenvalue weighted by molar-refractivity contribution is -0.129. The maximum Gasteiger partial charge on any atom is 0.387 e. The molecule has 2 aliphatic rings. The Balaban J connectivity index is 0.00000225. The number of hydrogen-bond donors (Lipinski definition) is 2. The number of amides is 1. The molecule has 1 fully saturated rings. The number of nitrogens with one attached hydrogen (secondary N) is 2. The smallest absolute Gasteiger partial charge is 0.387 e. The summed E-state index contributed by atoms with van der Waals surface area (Å²) >= 11 is 0. The second-order valence-corrected chi connectivity index (χ2v) is 6.20. The number of ether oxygens (including phenoxy) is 2. The van der Waals surface area contributed by atoms with Gasteiger partial charge in [-0.05, 0) is 49.4 Å². The van der Waals surface area contributed by atoms with E-state index in [2.05, 4.69) is 15.4 Å². The molecule has 1 heterocycles. The molecule has 1 aliphatic heterocycles. The molecule has 3 rings (SSSR count). The van der Waals surface area contributed by atoms with Gasteiger partial charge in [-0.1, -0.05) is 6.07 Å². The zero-order valence-electron chi connectivity index (χ0n) is 14.0. The first-order valence-electron chi connectivity index (χ1n) is 8.27. The molecule has 0 bridgehead atoms. The number of hydrogen-bond acceptors (Lipinski definition) is 4. The van der Waals surface area contributed by atoms with E-state index in [4.69, 9.17) is 4.74 Å². The molecule has 140 valence electrons. The van der Waals surface area contributed by atoms with Gasteiger partial charge in [0.25, 0.3) is 0 Å². The standard InChI is InChI=1S/C17H22F2N2O3.ClH/c1-10-15(20-7-8-23-10)16(22)21-14-4-2-3-11-9-12(24-17(18)19)5-6-13(11)14;/h5-6,9-10,14-15,17,20H,2-4,7-8H2,1H3,(H,21,22);1H/t10-,14?,15+;/m1./s1. The van der Waals surface area contributed by atoms with Crippen LogP contribution in [-0.2, 0) is 16.0 Å². The van der Waals surface area contributed by atoms with Crippen molar-refractivity contribution in [2.24, 2.45) is 0 Å². The Morgan fingerprint density at radius 1 is 1.44 bits per heavy atom. The molecule has 1 saturated heterocycles. The van der Waals surface area contributed by atoms with Crippen molar-refractivity contribution in [1.29, 1.82) is 0 Å². The fourth-order valence-electron chi connectivity index (χ4n) is 3.41. The van der Waals surface area contributed by atoms with Crippen LogP contribution in [0.4, 0.5) is 8.78 Å². The summed E-state index contributed by atoms with van der Waals surface area (Å²) in [7, 11) is 0. The number of fused-ring (bicyclic) bond motifs is 1. The van der Waals surface area contributed by atoms with Crippen LogP contribution in [0.2, 0.25) is 0 Å². The van der Waals surface area contributed by atoms with E-state index in [1.807, 2.05) is 6.92 Å². The molecule has 1 amide bonds. The molecule has 3 atom stereocenters. The van der Waals surface area contributed by atoms with E-state index < -0.39 is 6.61 Å². The Morgan fingerprint density at radius 2 is 2.24 bits per heavy atom. The molecule has 0 radical (unpaired) electrons. The summed E-state index contributed by atoms with van der Waals surface area (Å²) in [5.41, 5.74) is 1.92. The van der Waals surface area contributed by atoms with Gasteiger partial charge in [-0.15, -0.1) is 12.4 Å². The number of benzene rings is 1. The van der Waals surface area contributed by atoms with Crippen molar-refractivity contribution in [2.45, 2.75) is 51.0 Å². The molecule has 2 N–H and O–H groups in total. The van der Waals surface area contributed by atoms with Crippen LogP contribution in [0.15, 0.2) is 18.2 Å². The van der Waals surface area contributed by atoms with Crippen molar-refractivity contribution >= 4 is 18.3 Å². The van der Waals surface area contributed by atoms with Crippen molar-refractivity contribution in [2.75, 3.05) is 13.2 Å². The third-order valence-corrected chi connectivity index (χ3v) is 4.57. The van der Waals surface area contributed by atoms with Gasteiger partial charge in [-0.3, -0.25) is 4.79 Å². The zero-order chi connectivity index (χ0) is 17.1. The van der Waals surface area contributed by atoms with Crippen molar-refractivity contribution in [1.82, 2.24) is 10.6 Å². The van der Waals surface area contributed by atoms with Crippen molar-refractivity contribution in [3.63, 3.8) is 0 Å². The van der Waals surface area contributed by atoms with Gasteiger partial charge in [0.1, 0.15) is 11.8 Å². The summed E-state index contributed by atoms with van der Waals surface area (Å²) in [5, 5.41) is 6.24. The molecule has 1 unspecified atom stereocenters. The molecule has 1 aromatic carbocycles. The Bertz CT molecular complexity index is 603. The highest BCUT2D eigenvalue weighted by molar-refractivity contribution is 5.85. The topological polar surface area (TPSA) is 59.6 Å². The lowest BCUT2D eigenvalue weighted by Gasteiger charge is -2.32. The fraction of sp³-hybridized carbons (Fsp3) is 0.588. The SMILES string of the molecule is C[C@H]1OCCN[C@@H]1C(=O)NC1CCCc2cc(OC(F)F)ccc21.Cl. The molecule has 0 saturated carbocycles. The van der Waals surface area contributed by atoms with Crippen LogP contribution in [0.5, 0.6) is 5.75 Å². The number of halogens is 3. The van der Waals surface area contributed by atoms with E-state index in [0.29, 0.717) is 13.2 Å². The number of aryl methyl sites for hydroxylation is 1. The summed E-state index contributed by atoms with van der Waals surface area (Å²) < 4.78 is 34.7. The predicted octanol–water partition coefficient (Wildman–Crippen LogP) is 2.58. The maximum atomic E-state index is 12.5. The van der Waals surface area contributed by atoms with E-state index in [-0.39, 0.29) is 42.3 Å². The van der Waals surface area contributed by atoms with Crippen LogP contribution >= 0.6 is 12.4 Å². The molecule has 5 nitrogen and oxygen atoms in total. The molecular formula is C17H23ClF2N2O3. The largest absolute Gasteiger partial charge is 0.435 e. The molecular weight excluding hydrogens is 354 g/mol. The lowest BCUT2D eigenvalue weighted by Crippen LogP contribution is -2.56. The van der Waals surface area contributed by atoms with Crippen LogP contribution < -0.4 is 15.4 Å². The fourth-order valence-corrected chi connectivity index (χ4v) is 3.41. The van der Waals surface area contributed by atoms with Crippen molar-refractivity contribution in [3.8, 4) is 5.75 Å². The minimum atomic E-state index is -2.83. The Labute approximate surface area is 151 Å². The molecule has 1 aromatic rings. The average molecular weight is 377 g/mol. The van der Waals surface area contributed by atoms with Crippen LogP contribution in [0.1, 0.15) is 36.9 Å². The summed E-state index contributed by atoms with van der Waals surface area (Å²) in [5.74, 6) is 0.0691. The number of carbonyl (C=O) groups excluding carboxylic acids is 1. The minimum Gasteiger partial charge on any atom is -0.435 e. The second kappa shape index (κ2) is 8.78. The van der Waals surface area contributed by atoms with E-state index in [0.717, 1.165) is 30.4 Å². The molecule has 8 heteroatoms. The van der Waals surface area contributed by atoms with E-state index >= 15 is 0 Å². The highest BCUT2D eigenvalue weighted by Crippen LogP contribution is 2.32. The van der Waals surface area contributed by atoms with Crippen LogP contribution in [0.3, 0.4) is 0 Å². The van der Waals surface area contributed by atoms with Gasteiger partial charge >= 0.3 is 6.61 Å². The first-order chi connectivity index (χ1) is 11.5. The summed E-state index contributed by atoms with van der Waals surface area (Å²) in [6.45, 7) is 0.294. The third-order valence-electron chi connectivity index (χ3n) is 4.57. The number of carbonyl (C=O) groups is 1. The Hall–Kier alpha value is -1.44. The van der Waals surface area contributed by atoms with Gasteiger partial charge in [-0.2, -0.15) is 8.78 Å². The molecule has 25 heavy (non-hydrogen) atoms. The van der Waals surface area contributed by atoms with E-state index in [9.17, 15) is 13.6 Å². The first kappa shape index (κ1) is 19.9. The van der Waals surface area contributed by atoms with Crippen LogP contribution in [0, 0.1) is 0 Å². The van der Waals surface area contributed by atoms with Gasteiger partial charge in [0.2, 0.25) is 5.91 Å². The van der Waals surface area contributed by atoms with Gasteiger partial charge in [0.05, 0.1) is 18.8 Å². The third kappa shape index (κ3) is 4.80. The van der Waals surface area contributed by atoms with E-state index in [1.54, 1.807) is 12.1 Å². The normalized spacial score (nSPS) is 25.7. The number of alkyl halides is 2. The van der Waals surface area contributed by atoms with Crippen LogP contribution in [-0.4, -0.2) is 37.8 Å². The minimum absolute atomic E-state index is 0. The van der Waals surface area contributed by atoms with E-state index in [1.165, 1.54) is 6.07 Å². The highest BCUT2D eigenvalue weighted by Gasteiger charge is 2.31. The summed E-state index contributed by atoms with van der Waals surface area (Å²) in [6, 6.07) is 4.46. The maximum absolute atomic E-state index is 12.5. The summed E-state index contributed by atoms with van der Waals surface area (Å²) in [6.07, 6.45) is 2.34. The van der Waals surface area contributed by atoms with Crippen LogP contribution in [0.25, 0.3) is 0 Å². The first-order valence-corrected chi connectivity index (χ1v) is 8.27. The molecule has 1 aliphatic carbocycles. The number of rotatable bonds is 4. The predicted molar refractivity (Wildman–Crippen MR) is 91.3 cm³/mol. The second-order valence-electron chi connectivity index (χ2n) is 6.20. The highest BCUT2D eigenvalue weighted by atomic mass is 35.5. The van der Waals surface area contributed by atoms with Gasteiger partial charge in [-0.25, -0.2) is 0 Å². The zero-order valence-corrected chi connectivity index (χ0v) is 14.8. The summed E-state index contributed by atoms with van der Waals surface area (Å²) in [4.78, 5) is 12.5. The molecule has 0 aromatic heterocycles. The van der Waals surface area contributed by atoms with Gasteiger partial charge < -0.3 is 20.1 Å². The Morgan fingerprint density at radius 3 is 2.96 bits per heavy atom. The lowest BCUT2D eigenvalue weighted by atomic mass is 9.87. The van der Waals surface area contributed by atoms with Crippen molar-refractivity contribution in [3.05, 3.63) is 29.3 Å². The average Bonchev–Trinajstić information content (AvgIpc) is 2.54. The van der Waals surface area contributed by atoms with Crippen molar-refractivity contribution < 1.29 is 23.0 Å². The van der Waals surface area contributed by atoms with Gasteiger partial charge in [0, 0.05) is 6.54 Å². The number of morpholine rings is 1. The quantitative estimate of drug-likeness (QED) is 0.848. The molecule has 0 spiro atoms. The Kier molecular flexibility index (Phi) is 6.98.